The fraction of sp³-hybridized carbons (Fsp3) is 0.636. The van der Waals surface area contributed by atoms with Crippen molar-refractivity contribution in [1.82, 2.24) is 5.32 Å². The van der Waals surface area contributed by atoms with Gasteiger partial charge in [-0.15, -0.1) is 11.3 Å². The standard InChI is InChI=1S/C11H17NOS/c1-13-7-11-6-10(8-14-11)9-2-4-12-5-3-9/h6,8-9,12H,2-5,7H2,1H3. The van der Waals surface area contributed by atoms with E-state index in [9.17, 15) is 0 Å². The summed E-state index contributed by atoms with van der Waals surface area (Å²) >= 11 is 1.82. The van der Waals surface area contributed by atoms with E-state index in [0.29, 0.717) is 0 Å². The molecule has 0 unspecified atom stereocenters. The summed E-state index contributed by atoms with van der Waals surface area (Å²) < 4.78 is 5.13. The van der Waals surface area contributed by atoms with Crippen molar-refractivity contribution in [3.05, 3.63) is 21.9 Å². The summed E-state index contributed by atoms with van der Waals surface area (Å²) in [5.41, 5.74) is 1.52. The Hall–Kier alpha value is -0.380. The maximum Gasteiger partial charge on any atom is 0.0805 e. The summed E-state index contributed by atoms with van der Waals surface area (Å²) in [6.07, 6.45) is 2.56. The SMILES string of the molecule is COCc1cc(C2CCNCC2)cs1. The smallest absolute Gasteiger partial charge is 0.0805 e. The van der Waals surface area contributed by atoms with Gasteiger partial charge in [-0.05, 0) is 48.9 Å². The number of thiophene rings is 1. The molecule has 1 aliphatic rings. The number of piperidine rings is 1. The highest BCUT2D eigenvalue weighted by molar-refractivity contribution is 7.10. The van der Waals surface area contributed by atoms with Gasteiger partial charge in [0, 0.05) is 12.0 Å². The lowest BCUT2D eigenvalue weighted by molar-refractivity contribution is 0.187. The molecule has 1 aliphatic heterocycles. The second-order valence-corrected chi connectivity index (χ2v) is 4.80. The first-order valence-corrected chi connectivity index (χ1v) is 6.05. The average molecular weight is 211 g/mol. The molecule has 0 spiro atoms. The van der Waals surface area contributed by atoms with Gasteiger partial charge in [0.1, 0.15) is 0 Å². The van der Waals surface area contributed by atoms with E-state index in [2.05, 4.69) is 16.8 Å². The number of rotatable bonds is 3. The molecule has 0 aliphatic carbocycles. The maximum absolute atomic E-state index is 5.13. The van der Waals surface area contributed by atoms with Crippen LogP contribution in [0.3, 0.4) is 0 Å². The Labute approximate surface area is 89.3 Å². The minimum Gasteiger partial charge on any atom is -0.379 e. The van der Waals surface area contributed by atoms with Crippen molar-refractivity contribution in [3.63, 3.8) is 0 Å². The number of hydrogen-bond donors (Lipinski definition) is 1. The van der Waals surface area contributed by atoms with Gasteiger partial charge in [0.25, 0.3) is 0 Å². The van der Waals surface area contributed by atoms with Gasteiger partial charge in [-0.1, -0.05) is 0 Å². The molecule has 0 atom stereocenters. The lowest BCUT2D eigenvalue weighted by Crippen LogP contribution is -2.26. The Bertz CT molecular complexity index is 279. The van der Waals surface area contributed by atoms with Crippen molar-refractivity contribution in [2.24, 2.45) is 0 Å². The number of nitrogens with one attached hydrogen (secondary N) is 1. The molecule has 1 fully saturated rings. The van der Waals surface area contributed by atoms with Crippen LogP contribution in [0.25, 0.3) is 0 Å². The van der Waals surface area contributed by atoms with Crippen LogP contribution in [0.1, 0.15) is 29.2 Å². The molecule has 2 heterocycles. The van der Waals surface area contributed by atoms with Gasteiger partial charge in [0.2, 0.25) is 0 Å². The highest BCUT2D eigenvalue weighted by Crippen LogP contribution is 2.29. The summed E-state index contributed by atoms with van der Waals surface area (Å²) in [5.74, 6) is 0.776. The summed E-state index contributed by atoms with van der Waals surface area (Å²) in [5, 5.41) is 5.69. The van der Waals surface area contributed by atoms with Crippen molar-refractivity contribution < 1.29 is 4.74 Å². The van der Waals surface area contributed by atoms with E-state index in [1.165, 1.54) is 36.4 Å². The van der Waals surface area contributed by atoms with E-state index in [4.69, 9.17) is 4.74 Å². The Balaban J connectivity index is 2.00. The first kappa shape index (κ1) is 10.1. The minimum atomic E-state index is 0.760. The molecule has 0 bridgehead atoms. The first-order valence-electron chi connectivity index (χ1n) is 5.17. The van der Waals surface area contributed by atoms with Gasteiger partial charge < -0.3 is 10.1 Å². The number of methoxy groups -OCH3 is 1. The molecule has 1 aromatic heterocycles. The Morgan fingerprint density at radius 1 is 1.50 bits per heavy atom. The molecule has 1 aromatic rings. The highest BCUT2D eigenvalue weighted by atomic mass is 32.1. The predicted molar refractivity (Wildman–Crippen MR) is 59.9 cm³/mol. The van der Waals surface area contributed by atoms with Crippen LogP contribution in [0.4, 0.5) is 0 Å². The topological polar surface area (TPSA) is 21.3 Å². The average Bonchev–Trinajstić information content (AvgIpc) is 2.68. The van der Waals surface area contributed by atoms with Crippen LogP contribution in [0, 0.1) is 0 Å². The fourth-order valence-corrected chi connectivity index (χ4v) is 2.92. The normalized spacial score (nSPS) is 18.6. The predicted octanol–water partition coefficient (Wildman–Crippen LogP) is 2.36. The van der Waals surface area contributed by atoms with E-state index in [1.54, 1.807) is 7.11 Å². The second-order valence-electron chi connectivity index (χ2n) is 3.80. The lowest BCUT2D eigenvalue weighted by atomic mass is 9.92. The van der Waals surface area contributed by atoms with Crippen molar-refractivity contribution >= 4 is 11.3 Å². The molecule has 2 rings (SSSR count). The number of ether oxygens (including phenoxy) is 1. The molecule has 0 amide bonds. The van der Waals surface area contributed by atoms with Crippen LogP contribution in [0.5, 0.6) is 0 Å². The Morgan fingerprint density at radius 3 is 3.00 bits per heavy atom. The Kier molecular flexibility index (Phi) is 3.56. The van der Waals surface area contributed by atoms with E-state index in [-0.39, 0.29) is 0 Å². The van der Waals surface area contributed by atoms with Crippen molar-refractivity contribution in [2.75, 3.05) is 20.2 Å². The van der Waals surface area contributed by atoms with E-state index in [0.717, 1.165) is 12.5 Å². The van der Waals surface area contributed by atoms with Crippen LogP contribution in [0.15, 0.2) is 11.4 Å². The highest BCUT2D eigenvalue weighted by Gasteiger charge is 2.16. The molecule has 78 valence electrons. The zero-order valence-electron chi connectivity index (χ0n) is 8.58. The Morgan fingerprint density at radius 2 is 2.29 bits per heavy atom. The molecule has 1 saturated heterocycles. The minimum absolute atomic E-state index is 0.760. The monoisotopic (exact) mass is 211 g/mol. The summed E-state index contributed by atoms with van der Waals surface area (Å²) in [4.78, 5) is 1.35. The largest absolute Gasteiger partial charge is 0.379 e. The summed E-state index contributed by atoms with van der Waals surface area (Å²) in [6, 6.07) is 2.31. The molecule has 0 saturated carbocycles. The third-order valence-electron chi connectivity index (χ3n) is 2.77. The van der Waals surface area contributed by atoms with Gasteiger partial charge >= 0.3 is 0 Å². The van der Waals surface area contributed by atoms with Crippen molar-refractivity contribution in [3.8, 4) is 0 Å². The third kappa shape index (κ3) is 2.35. The zero-order valence-corrected chi connectivity index (χ0v) is 9.40. The van der Waals surface area contributed by atoms with Crippen molar-refractivity contribution in [2.45, 2.75) is 25.4 Å². The van der Waals surface area contributed by atoms with Crippen molar-refractivity contribution in [1.29, 1.82) is 0 Å². The maximum atomic E-state index is 5.13. The van der Waals surface area contributed by atoms with Crippen LogP contribution < -0.4 is 5.32 Å². The van der Waals surface area contributed by atoms with Crippen LogP contribution in [0.2, 0.25) is 0 Å². The third-order valence-corrected chi connectivity index (χ3v) is 3.70. The fourth-order valence-electron chi connectivity index (χ4n) is 1.98. The van der Waals surface area contributed by atoms with Crippen LogP contribution in [-0.2, 0) is 11.3 Å². The molecule has 14 heavy (non-hydrogen) atoms. The molecule has 0 aromatic carbocycles. The zero-order chi connectivity index (χ0) is 9.80. The van der Waals surface area contributed by atoms with Crippen LogP contribution in [-0.4, -0.2) is 20.2 Å². The molecule has 1 N–H and O–H groups in total. The van der Waals surface area contributed by atoms with E-state index >= 15 is 0 Å². The van der Waals surface area contributed by atoms with Gasteiger partial charge in [0.15, 0.2) is 0 Å². The van der Waals surface area contributed by atoms with E-state index in [1.807, 2.05) is 11.3 Å². The van der Waals surface area contributed by atoms with Gasteiger partial charge in [-0.3, -0.25) is 0 Å². The summed E-state index contributed by atoms with van der Waals surface area (Å²) in [6.45, 7) is 3.09. The molecular formula is C11H17NOS. The number of hydrogen-bond acceptors (Lipinski definition) is 3. The van der Waals surface area contributed by atoms with Gasteiger partial charge in [-0.25, -0.2) is 0 Å². The van der Waals surface area contributed by atoms with Gasteiger partial charge in [0.05, 0.1) is 6.61 Å². The molecule has 0 radical (unpaired) electrons. The molecule has 2 nitrogen and oxygen atoms in total. The second kappa shape index (κ2) is 4.91. The van der Waals surface area contributed by atoms with E-state index < -0.39 is 0 Å². The first-order chi connectivity index (χ1) is 6.90. The summed E-state index contributed by atoms with van der Waals surface area (Å²) in [7, 11) is 1.75. The molecular weight excluding hydrogens is 194 g/mol. The lowest BCUT2D eigenvalue weighted by Gasteiger charge is -2.21. The molecule has 3 heteroatoms. The van der Waals surface area contributed by atoms with Gasteiger partial charge in [-0.2, -0.15) is 0 Å². The van der Waals surface area contributed by atoms with Crippen LogP contribution >= 0.6 is 11.3 Å². The quantitative estimate of drug-likeness (QED) is 0.828.